The minimum absolute atomic E-state index is 0. The topological polar surface area (TPSA) is 55.1 Å². The second kappa shape index (κ2) is 12.9. The van der Waals surface area contributed by atoms with Crippen LogP contribution in [0.15, 0.2) is 53.3 Å². The molecule has 0 atom stereocenters. The van der Waals surface area contributed by atoms with E-state index in [-0.39, 0.29) is 51.4 Å². The van der Waals surface area contributed by atoms with E-state index in [1.807, 2.05) is 64.1 Å². The molecule has 1 heterocycles. The van der Waals surface area contributed by atoms with Crippen molar-refractivity contribution in [2.24, 2.45) is 0 Å². The van der Waals surface area contributed by atoms with Gasteiger partial charge in [-0.25, -0.2) is 4.68 Å². The Morgan fingerprint density at radius 2 is 1.66 bits per heavy atom. The Morgan fingerprint density at radius 3 is 2.21 bits per heavy atom. The van der Waals surface area contributed by atoms with Gasteiger partial charge in [0.2, 0.25) is 0 Å². The molecular weight excluding hydrogens is 461 g/mol. The maximum atomic E-state index is 13.0. The van der Waals surface area contributed by atoms with Crippen molar-refractivity contribution >= 4 is 11.6 Å². The van der Waals surface area contributed by atoms with Gasteiger partial charge < -0.3 is 12.5 Å². The van der Waals surface area contributed by atoms with E-state index >= 15 is 0 Å². The van der Waals surface area contributed by atoms with Crippen LogP contribution < -0.4 is 5.56 Å². The molecule has 0 fully saturated rings. The van der Waals surface area contributed by atoms with Gasteiger partial charge in [0.25, 0.3) is 5.56 Å². The summed E-state index contributed by atoms with van der Waals surface area (Å²) in [6, 6.07) is 14.8. The van der Waals surface area contributed by atoms with Gasteiger partial charge in [0, 0.05) is 37.7 Å². The first kappa shape index (κ1) is 27.5. The molecule has 1 radical (unpaired) electrons. The molecule has 6 heteroatoms. The van der Waals surface area contributed by atoms with Gasteiger partial charge in [0.05, 0.1) is 12.1 Å². The van der Waals surface area contributed by atoms with Crippen molar-refractivity contribution in [2.75, 3.05) is 0 Å². The van der Waals surface area contributed by atoms with Crippen LogP contribution in [-0.2, 0) is 45.7 Å². The molecule has 0 saturated heterocycles. The Hall–Kier alpha value is -1.49. The maximum Gasteiger partial charge on any atom is 0.278 e. The third-order valence-corrected chi connectivity index (χ3v) is 4.45. The Balaban J connectivity index is 0.00000190. The van der Waals surface area contributed by atoms with Crippen LogP contribution in [-0.4, -0.2) is 14.9 Å². The molecular formula is C23H28ClN2O2Y-. The Bertz CT molecular complexity index is 970. The summed E-state index contributed by atoms with van der Waals surface area (Å²) in [5.41, 5.74) is 3.08. The molecule has 0 aliphatic carbocycles. The Kier molecular flexibility index (Phi) is 12.3. The molecule has 2 aromatic carbocycles. The average molecular weight is 489 g/mol. The molecule has 0 spiro atoms. The second-order valence-corrected chi connectivity index (χ2v) is 6.36. The summed E-state index contributed by atoms with van der Waals surface area (Å²) in [6.45, 7) is 8.15. The fraction of sp³-hybridized carbons (Fsp3) is 0.261. The standard InChI is InChI=1S/C20H19ClN2O2.C2H6.CH3.Y/c1-3-17-19(24)18(16-7-5-4-6-13(16)2)20(25)23(22-17)12-14-8-10-15(21)11-9-14;1-2;;/h4-11,24H,3,12H2,1-2H3;1-2H3;1H3;/q;;-1;. The fourth-order valence-electron chi connectivity index (χ4n) is 2.82. The monoisotopic (exact) mass is 488 g/mol. The molecule has 1 aromatic heterocycles. The SMILES string of the molecule is CC.CCc1nn(Cc2ccc(Cl)cc2)c(=O)c(-c2ccccc2C)c1O.[CH3-].[Y]. The quantitative estimate of drug-likeness (QED) is 0.482. The molecule has 0 aliphatic heterocycles. The van der Waals surface area contributed by atoms with E-state index in [2.05, 4.69) is 5.10 Å². The van der Waals surface area contributed by atoms with E-state index in [4.69, 9.17) is 11.6 Å². The largest absolute Gasteiger partial charge is 0.505 e. The van der Waals surface area contributed by atoms with Crippen molar-refractivity contribution in [1.82, 2.24) is 9.78 Å². The van der Waals surface area contributed by atoms with Gasteiger partial charge in [-0.1, -0.05) is 68.8 Å². The predicted octanol–water partition coefficient (Wildman–Crippen LogP) is 5.66. The number of benzene rings is 2. The van der Waals surface area contributed by atoms with Crippen LogP contribution in [0, 0.1) is 14.4 Å². The van der Waals surface area contributed by atoms with Gasteiger partial charge in [-0.3, -0.25) is 4.79 Å². The van der Waals surface area contributed by atoms with Gasteiger partial charge in [0.1, 0.15) is 5.69 Å². The first-order chi connectivity index (χ1) is 13.0. The van der Waals surface area contributed by atoms with E-state index in [0.717, 1.165) is 16.7 Å². The zero-order valence-electron chi connectivity index (χ0n) is 17.7. The van der Waals surface area contributed by atoms with E-state index in [1.54, 1.807) is 12.1 Å². The fourth-order valence-corrected chi connectivity index (χ4v) is 2.94. The van der Waals surface area contributed by atoms with Crippen molar-refractivity contribution in [1.29, 1.82) is 0 Å². The number of rotatable bonds is 4. The van der Waals surface area contributed by atoms with Crippen LogP contribution in [0.25, 0.3) is 11.1 Å². The van der Waals surface area contributed by atoms with Crippen molar-refractivity contribution in [2.45, 2.75) is 40.7 Å². The number of hydrogen-bond acceptors (Lipinski definition) is 3. The number of aromatic nitrogens is 2. The first-order valence-corrected chi connectivity index (χ1v) is 9.52. The third-order valence-electron chi connectivity index (χ3n) is 4.19. The summed E-state index contributed by atoms with van der Waals surface area (Å²) in [6.07, 6.45) is 0.533. The van der Waals surface area contributed by atoms with Crippen LogP contribution in [0.3, 0.4) is 0 Å². The smallest absolute Gasteiger partial charge is 0.278 e. The minimum Gasteiger partial charge on any atom is -0.505 e. The van der Waals surface area contributed by atoms with Gasteiger partial charge >= 0.3 is 0 Å². The van der Waals surface area contributed by atoms with Crippen molar-refractivity contribution in [3.8, 4) is 16.9 Å². The van der Waals surface area contributed by atoms with Crippen molar-refractivity contribution in [3.05, 3.63) is 88.2 Å². The minimum atomic E-state index is -0.307. The number of aryl methyl sites for hydroxylation is 2. The predicted molar refractivity (Wildman–Crippen MR) is 118 cm³/mol. The molecule has 3 rings (SSSR count). The summed E-state index contributed by atoms with van der Waals surface area (Å²) >= 11 is 5.92. The second-order valence-electron chi connectivity index (χ2n) is 5.93. The van der Waals surface area contributed by atoms with Crippen LogP contribution in [0.1, 0.15) is 37.6 Å². The van der Waals surface area contributed by atoms with Gasteiger partial charge in [-0.05, 0) is 42.2 Å². The number of hydrogen-bond donors (Lipinski definition) is 1. The molecule has 0 saturated carbocycles. The first-order valence-electron chi connectivity index (χ1n) is 9.14. The van der Waals surface area contributed by atoms with Crippen LogP contribution >= 0.6 is 11.6 Å². The van der Waals surface area contributed by atoms with Crippen LogP contribution in [0.4, 0.5) is 0 Å². The van der Waals surface area contributed by atoms with E-state index in [1.165, 1.54) is 4.68 Å². The van der Waals surface area contributed by atoms with Gasteiger partial charge in [0.15, 0.2) is 5.75 Å². The zero-order chi connectivity index (χ0) is 20.0. The normalized spacial score (nSPS) is 9.55. The number of aromatic hydroxyl groups is 1. The van der Waals surface area contributed by atoms with Crippen molar-refractivity contribution < 1.29 is 37.8 Å². The summed E-state index contributed by atoms with van der Waals surface area (Å²) in [5, 5.41) is 15.6. The molecule has 29 heavy (non-hydrogen) atoms. The molecule has 4 nitrogen and oxygen atoms in total. The van der Waals surface area contributed by atoms with Gasteiger partial charge in [-0.2, -0.15) is 5.10 Å². The summed E-state index contributed by atoms with van der Waals surface area (Å²) < 4.78 is 1.41. The Morgan fingerprint density at radius 1 is 1.07 bits per heavy atom. The van der Waals surface area contributed by atoms with Crippen LogP contribution in [0.2, 0.25) is 5.02 Å². The van der Waals surface area contributed by atoms with Crippen molar-refractivity contribution in [3.63, 3.8) is 0 Å². The summed E-state index contributed by atoms with van der Waals surface area (Å²) in [7, 11) is 0. The van der Waals surface area contributed by atoms with Gasteiger partial charge in [-0.15, -0.1) is 0 Å². The summed E-state index contributed by atoms with van der Waals surface area (Å²) in [4.78, 5) is 13.0. The number of nitrogens with zero attached hydrogens (tertiary/aromatic N) is 2. The molecule has 0 amide bonds. The molecule has 0 aliphatic rings. The van der Waals surface area contributed by atoms with E-state index in [0.29, 0.717) is 29.2 Å². The zero-order valence-corrected chi connectivity index (χ0v) is 21.3. The molecule has 0 unspecified atom stereocenters. The Labute approximate surface area is 203 Å². The number of halogens is 1. The molecule has 153 valence electrons. The summed E-state index contributed by atoms with van der Waals surface area (Å²) in [5.74, 6) is -0.0332. The van der Waals surface area contributed by atoms with Crippen LogP contribution in [0.5, 0.6) is 5.75 Å². The van der Waals surface area contributed by atoms with E-state index < -0.39 is 0 Å². The molecule has 0 bridgehead atoms. The van der Waals surface area contributed by atoms with E-state index in [9.17, 15) is 9.90 Å². The third kappa shape index (κ3) is 6.50. The molecule has 3 aromatic rings. The molecule has 1 N–H and O–H groups in total. The average Bonchev–Trinajstić information content (AvgIpc) is 2.69. The maximum absolute atomic E-state index is 13.0.